The lowest BCUT2D eigenvalue weighted by Gasteiger charge is -2.26. The number of halogens is 1. The summed E-state index contributed by atoms with van der Waals surface area (Å²) in [6, 6.07) is 14.3. The number of sulfonamides is 1. The van der Waals surface area contributed by atoms with Crippen molar-refractivity contribution in [3.05, 3.63) is 81.8 Å². The summed E-state index contributed by atoms with van der Waals surface area (Å²) < 4.78 is 36.7. The molecule has 9 heteroatoms. The van der Waals surface area contributed by atoms with E-state index >= 15 is 0 Å². The quantitative estimate of drug-likeness (QED) is 0.592. The molecular weight excluding hydrogens is 437 g/mol. The minimum absolute atomic E-state index is 0.0301. The fourth-order valence-corrected chi connectivity index (χ4v) is 5.25. The van der Waals surface area contributed by atoms with Gasteiger partial charge in [0.25, 0.3) is 0 Å². The molecule has 31 heavy (non-hydrogen) atoms. The maximum atomic E-state index is 13.4. The molecule has 0 aliphatic carbocycles. The lowest BCUT2D eigenvalue weighted by Crippen LogP contribution is -2.41. The number of nitrogens with one attached hydrogen (secondary N) is 1. The molecule has 1 aliphatic rings. The fourth-order valence-electron chi connectivity index (χ4n) is 3.88. The standard InChI is InChI=1S/C22H22FN3O3S2/c1-14-11-16-12-18(31(24,28)29)8-9-19(16)26(14)13-21(27)25-22(20-3-2-10-30-20)15-4-6-17(23)7-5-15/h2-10,12,14,22H,11,13H2,1H3,(H,25,27)(H2,24,28,29)/t14-,22+/m1/s1. The van der Waals surface area contributed by atoms with E-state index in [-0.39, 0.29) is 35.2 Å². The Kier molecular flexibility index (Phi) is 5.83. The molecular formula is C22H22FN3O3S2. The summed E-state index contributed by atoms with van der Waals surface area (Å²) in [5.41, 5.74) is 2.47. The van der Waals surface area contributed by atoms with E-state index in [4.69, 9.17) is 5.14 Å². The monoisotopic (exact) mass is 459 g/mol. The number of hydrogen-bond donors (Lipinski definition) is 2. The number of anilines is 1. The lowest BCUT2D eigenvalue weighted by atomic mass is 10.1. The van der Waals surface area contributed by atoms with Crippen LogP contribution in [-0.4, -0.2) is 26.9 Å². The highest BCUT2D eigenvalue weighted by atomic mass is 32.2. The smallest absolute Gasteiger partial charge is 0.240 e. The molecule has 6 nitrogen and oxygen atoms in total. The third-order valence-electron chi connectivity index (χ3n) is 5.39. The Morgan fingerprint density at radius 3 is 2.65 bits per heavy atom. The number of hydrogen-bond acceptors (Lipinski definition) is 5. The number of rotatable bonds is 6. The van der Waals surface area contributed by atoms with Crippen LogP contribution in [0.4, 0.5) is 10.1 Å². The van der Waals surface area contributed by atoms with Gasteiger partial charge in [0.2, 0.25) is 15.9 Å². The van der Waals surface area contributed by atoms with Crippen molar-refractivity contribution < 1.29 is 17.6 Å². The van der Waals surface area contributed by atoms with Crippen LogP contribution in [0, 0.1) is 5.82 Å². The molecule has 1 amide bonds. The van der Waals surface area contributed by atoms with Crippen LogP contribution in [0.15, 0.2) is 64.9 Å². The summed E-state index contributed by atoms with van der Waals surface area (Å²) in [6.45, 7) is 2.10. The first-order chi connectivity index (χ1) is 14.7. The predicted molar refractivity (Wildman–Crippen MR) is 119 cm³/mol. The van der Waals surface area contributed by atoms with Gasteiger partial charge in [-0.3, -0.25) is 4.79 Å². The SMILES string of the molecule is C[C@@H]1Cc2cc(S(N)(=O)=O)ccc2N1CC(=O)N[C@@H](c1ccc(F)cc1)c1cccs1. The fraction of sp³-hybridized carbons (Fsp3) is 0.227. The normalized spacial score (nSPS) is 16.7. The van der Waals surface area contributed by atoms with Crippen molar-refractivity contribution in [2.45, 2.75) is 30.3 Å². The van der Waals surface area contributed by atoms with Crippen LogP contribution in [-0.2, 0) is 21.2 Å². The number of carbonyl (C=O) groups is 1. The molecule has 0 saturated carbocycles. The zero-order valence-corrected chi connectivity index (χ0v) is 18.4. The average molecular weight is 460 g/mol. The van der Waals surface area contributed by atoms with Crippen molar-refractivity contribution in [2.24, 2.45) is 5.14 Å². The Hall–Kier alpha value is -2.75. The third kappa shape index (κ3) is 4.63. The van der Waals surface area contributed by atoms with Gasteiger partial charge in [0.05, 0.1) is 17.5 Å². The molecule has 0 spiro atoms. The van der Waals surface area contributed by atoms with Crippen LogP contribution in [0.25, 0.3) is 0 Å². The van der Waals surface area contributed by atoms with Gasteiger partial charge in [-0.05, 0) is 66.2 Å². The Morgan fingerprint density at radius 1 is 1.26 bits per heavy atom. The second-order valence-corrected chi connectivity index (χ2v) is 10.1. The highest BCUT2D eigenvalue weighted by molar-refractivity contribution is 7.89. The number of nitrogens with two attached hydrogens (primary N) is 1. The molecule has 1 aliphatic heterocycles. The van der Waals surface area contributed by atoms with Crippen LogP contribution < -0.4 is 15.4 Å². The van der Waals surface area contributed by atoms with Crippen molar-refractivity contribution in [1.29, 1.82) is 0 Å². The van der Waals surface area contributed by atoms with E-state index < -0.39 is 10.0 Å². The maximum Gasteiger partial charge on any atom is 0.240 e. The number of amides is 1. The van der Waals surface area contributed by atoms with E-state index in [9.17, 15) is 17.6 Å². The van der Waals surface area contributed by atoms with E-state index in [2.05, 4.69) is 5.32 Å². The van der Waals surface area contributed by atoms with Crippen molar-refractivity contribution in [3.63, 3.8) is 0 Å². The summed E-state index contributed by atoms with van der Waals surface area (Å²) in [7, 11) is -3.78. The minimum atomic E-state index is -3.78. The van der Waals surface area contributed by atoms with Crippen LogP contribution in [0.5, 0.6) is 0 Å². The average Bonchev–Trinajstić information content (AvgIpc) is 3.34. The number of carbonyl (C=O) groups excluding carboxylic acids is 1. The van der Waals surface area contributed by atoms with Crippen LogP contribution in [0.3, 0.4) is 0 Å². The minimum Gasteiger partial charge on any atom is -0.359 e. The molecule has 4 rings (SSSR count). The largest absolute Gasteiger partial charge is 0.359 e. The molecule has 0 unspecified atom stereocenters. The van der Waals surface area contributed by atoms with E-state index in [0.29, 0.717) is 6.42 Å². The van der Waals surface area contributed by atoms with Crippen molar-refractivity contribution in [1.82, 2.24) is 5.32 Å². The van der Waals surface area contributed by atoms with E-state index in [1.807, 2.05) is 29.3 Å². The maximum absolute atomic E-state index is 13.4. The van der Waals surface area contributed by atoms with Gasteiger partial charge in [-0.25, -0.2) is 17.9 Å². The first-order valence-electron chi connectivity index (χ1n) is 9.73. The van der Waals surface area contributed by atoms with Gasteiger partial charge in [0.1, 0.15) is 5.82 Å². The van der Waals surface area contributed by atoms with Crippen molar-refractivity contribution in [3.8, 4) is 0 Å². The van der Waals surface area contributed by atoms with Gasteiger partial charge in [-0.15, -0.1) is 11.3 Å². The molecule has 1 aromatic heterocycles. The Bertz CT molecular complexity index is 1200. The number of benzene rings is 2. The van der Waals surface area contributed by atoms with Crippen LogP contribution >= 0.6 is 11.3 Å². The van der Waals surface area contributed by atoms with Crippen LogP contribution in [0.1, 0.15) is 29.0 Å². The number of nitrogens with zero attached hydrogens (tertiary/aromatic N) is 1. The molecule has 0 saturated heterocycles. The Balaban J connectivity index is 1.54. The first kappa shape index (κ1) is 21.5. The number of primary sulfonamides is 1. The molecule has 0 bridgehead atoms. The zero-order chi connectivity index (χ0) is 22.2. The second-order valence-electron chi connectivity index (χ2n) is 7.58. The van der Waals surface area contributed by atoms with Gasteiger partial charge in [0.15, 0.2) is 0 Å². The highest BCUT2D eigenvalue weighted by Crippen LogP contribution is 2.33. The Labute approximate surface area is 184 Å². The van der Waals surface area contributed by atoms with E-state index in [1.165, 1.54) is 29.5 Å². The summed E-state index contributed by atoms with van der Waals surface area (Å²) in [5.74, 6) is -0.515. The second kappa shape index (κ2) is 8.41. The zero-order valence-electron chi connectivity index (χ0n) is 16.8. The molecule has 0 radical (unpaired) electrons. The molecule has 0 fully saturated rings. The summed E-state index contributed by atoms with van der Waals surface area (Å²) in [4.78, 5) is 16.0. The number of thiophene rings is 1. The first-order valence-corrected chi connectivity index (χ1v) is 12.2. The van der Waals surface area contributed by atoms with Crippen LogP contribution in [0.2, 0.25) is 0 Å². The van der Waals surface area contributed by atoms with Gasteiger partial charge < -0.3 is 10.2 Å². The molecule has 162 valence electrons. The van der Waals surface area contributed by atoms with E-state index in [1.54, 1.807) is 24.3 Å². The van der Waals surface area contributed by atoms with Gasteiger partial charge >= 0.3 is 0 Å². The highest BCUT2D eigenvalue weighted by Gasteiger charge is 2.29. The third-order valence-corrected chi connectivity index (χ3v) is 7.23. The molecule has 2 heterocycles. The molecule has 3 N–H and O–H groups in total. The predicted octanol–water partition coefficient (Wildman–Crippen LogP) is 3.19. The molecule has 3 aromatic rings. The summed E-state index contributed by atoms with van der Waals surface area (Å²) in [6.07, 6.45) is 0.623. The van der Waals surface area contributed by atoms with E-state index in [0.717, 1.165) is 21.7 Å². The van der Waals surface area contributed by atoms with Gasteiger partial charge in [0, 0.05) is 16.6 Å². The summed E-state index contributed by atoms with van der Waals surface area (Å²) >= 11 is 1.52. The topological polar surface area (TPSA) is 92.5 Å². The van der Waals surface area contributed by atoms with Gasteiger partial charge in [-0.1, -0.05) is 18.2 Å². The van der Waals surface area contributed by atoms with Crippen molar-refractivity contribution in [2.75, 3.05) is 11.4 Å². The number of fused-ring (bicyclic) bond motifs is 1. The Morgan fingerprint density at radius 2 is 2.00 bits per heavy atom. The molecule has 2 aromatic carbocycles. The lowest BCUT2D eigenvalue weighted by molar-refractivity contribution is -0.120. The van der Waals surface area contributed by atoms with Gasteiger partial charge in [-0.2, -0.15) is 0 Å². The summed E-state index contributed by atoms with van der Waals surface area (Å²) in [5, 5.41) is 10.2. The van der Waals surface area contributed by atoms with Crippen molar-refractivity contribution >= 4 is 33.0 Å². The molecule has 2 atom stereocenters.